The number of benzene rings is 1. The van der Waals surface area contributed by atoms with Crippen LogP contribution in [-0.4, -0.2) is 38.3 Å². The van der Waals surface area contributed by atoms with Crippen LogP contribution < -0.4 is 19.5 Å². The molecule has 7 heteroatoms. The lowest BCUT2D eigenvalue weighted by atomic mass is 9.94. The van der Waals surface area contributed by atoms with Gasteiger partial charge < -0.3 is 24.6 Å². The van der Waals surface area contributed by atoms with Crippen LogP contribution in [0.25, 0.3) is 0 Å². The quantitative estimate of drug-likeness (QED) is 0.840. The molecule has 2 atom stereocenters. The van der Waals surface area contributed by atoms with Crippen LogP contribution in [0.1, 0.15) is 18.0 Å². The molecule has 2 N–H and O–H groups in total. The third-order valence-corrected chi connectivity index (χ3v) is 3.49. The Morgan fingerprint density at radius 1 is 1.19 bits per heavy atom. The van der Waals surface area contributed by atoms with Crippen molar-refractivity contribution < 1.29 is 28.9 Å². The van der Waals surface area contributed by atoms with Gasteiger partial charge in [0.1, 0.15) is 0 Å². The van der Waals surface area contributed by atoms with Gasteiger partial charge in [0.25, 0.3) is 0 Å². The fraction of sp³-hybridized carbons (Fsp3) is 0.429. The molecule has 0 bridgehead atoms. The van der Waals surface area contributed by atoms with Crippen LogP contribution in [0.3, 0.4) is 0 Å². The van der Waals surface area contributed by atoms with Gasteiger partial charge in [-0.1, -0.05) is 0 Å². The Kier molecular flexibility index (Phi) is 4.21. The van der Waals surface area contributed by atoms with Crippen LogP contribution in [0.15, 0.2) is 12.1 Å². The fourth-order valence-corrected chi connectivity index (χ4v) is 2.48. The number of carboxylic acids is 1. The van der Waals surface area contributed by atoms with Gasteiger partial charge in [-0.25, -0.2) is 0 Å². The number of hydrogen-bond donors (Lipinski definition) is 2. The third-order valence-electron chi connectivity index (χ3n) is 3.49. The number of aliphatic carboxylic acids is 1. The Bertz CT molecular complexity index is 546. The summed E-state index contributed by atoms with van der Waals surface area (Å²) in [7, 11) is 4.43. The number of hydrogen-bond acceptors (Lipinski definition) is 5. The highest BCUT2D eigenvalue weighted by atomic mass is 16.5. The molecule has 0 saturated carbocycles. The standard InChI is InChI=1S/C14H17NO6/c1-19-9-4-7(5-10(20-2)13(9)21-3)12-8(14(17)18)6-11(16)15-12/h4-5,8,12H,6H2,1-3H3,(H,15,16)(H,17,18)/t8-,12+/m0/s1. The molecule has 7 nitrogen and oxygen atoms in total. The molecule has 1 aromatic rings. The van der Waals surface area contributed by atoms with E-state index in [4.69, 9.17) is 14.2 Å². The van der Waals surface area contributed by atoms with Gasteiger partial charge in [0.15, 0.2) is 11.5 Å². The second kappa shape index (κ2) is 5.90. The van der Waals surface area contributed by atoms with Crippen molar-refractivity contribution in [2.45, 2.75) is 12.5 Å². The summed E-state index contributed by atoms with van der Waals surface area (Å²) in [5, 5.41) is 11.9. The van der Waals surface area contributed by atoms with E-state index in [0.29, 0.717) is 22.8 Å². The number of amides is 1. The summed E-state index contributed by atoms with van der Waals surface area (Å²) in [6, 6.07) is 2.67. The molecule has 1 amide bonds. The lowest BCUT2D eigenvalue weighted by Gasteiger charge is -2.19. The predicted octanol–water partition coefficient (Wildman–Crippen LogP) is 0.974. The van der Waals surface area contributed by atoms with Crippen molar-refractivity contribution in [2.75, 3.05) is 21.3 Å². The first-order chi connectivity index (χ1) is 10.0. The van der Waals surface area contributed by atoms with E-state index in [-0.39, 0.29) is 12.3 Å². The predicted molar refractivity (Wildman–Crippen MR) is 72.7 cm³/mol. The van der Waals surface area contributed by atoms with Gasteiger partial charge in [0, 0.05) is 6.42 Å². The van der Waals surface area contributed by atoms with Crippen LogP contribution in [0.4, 0.5) is 0 Å². The Hall–Kier alpha value is -2.44. The van der Waals surface area contributed by atoms with E-state index in [9.17, 15) is 14.7 Å². The molecule has 21 heavy (non-hydrogen) atoms. The molecule has 1 fully saturated rings. The summed E-state index contributed by atoms with van der Waals surface area (Å²) < 4.78 is 15.7. The van der Waals surface area contributed by atoms with Crippen LogP contribution in [0, 0.1) is 5.92 Å². The molecule has 1 saturated heterocycles. The number of methoxy groups -OCH3 is 3. The van der Waals surface area contributed by atoms with E-state index in [2.05, 4.69) is 5.32 Å². The number of carbonyl (C=O) groups is 2. The number of nitrogens with one attached hydrogen (secondary N) is 1. The number of carbonyl (C=O) groups excluding carboxylic acids is 1. The molecule has 1 aliphatic heterocycles. The van der Waals surface area contributed by atoms with Crippen molar-refractivity contribution in [3.05, 3.63) is 17.7 Å². The summed E-state index contributed by atoms with van der Waals surface area (Å²) in [4.78, 5) is 22.8. The van der Waals surface area contributed by atoms with Crippen molar-refractivity contribution in [1.29, 1.82) is 0 Å². The van der Waals surface area contributed by atoms with Crippen LogP contribution >= 0.6 is 0 Å². The van der Waals surface area contributed by atoms with Gasteiger partial charge in [-0.3, -0.25) is 9.59 Å². The molecule has 1 aromatic carbocycles. The third kappa shape index (κ3) is 2.72. The van der Waals surface area contributed by atoms with Crippen LogP contribution in [0.2, 0.25) is 0 Å². The highest BCUT2D eigenvalue weighted by Crippen LogP contribution is 2.42. The smallest absolute Gasteiger partial charge is 0.309 e. The molecule has 0 unspecified atom stereocenters. The van der Waals surface area contributed by atoms with Gasteiger partial charge >= 0.3 is 5.97 Å². The van der Waals surface area contributed by atoms with E-state index >= 15 is 0 Å². The van der Waals surface area contributed by atoms with Gasteiger partial charge in [0.2, 0.25) is 11.7 Å². The molecule has 1 aliphatic rings. The average Bonchev–Trinajstić information content (AvgIpc) is 2.87. The van der Waals surface area contributed by atoms with E-state index in [1.807, 2.05) is 0 Å². The molecule has 0 spiro atoms. The molecule has 0 aromatic heterocycles. The largest absolute Gasteiger partial charge is 0.493 e. The van der Waals surface area contributed by atoms with Crippen molar-refractivity contribution in [3.8, 4) is 17.2 Å². The van der Waals surface area contributed by atoms with Gasteiger partial charge in [-0.15, -0.1) is 0 Å². The van der Waals surface area contributed by atoms with Crippen molar-refractivity contribution in [3.63, 3.8) is 0 Å². The Morgan fingerprint density at radius 3 is 2.19 bits per heavy atom. The zero-order chi connectivity index (χ0) is 15.6. The lowest BCUT2D eigenvalue weighted by Crippen LogP contribution is -2.24. The second-order valence-electron chi connectivity index (χ2n) is 4.65. The summed E-state index contributed by atoms with van der Waals surface area (Å²) in [6.07, 6.45) is -0.0450. The van der Waals surface area contributed by atoms with Crippen LogP contribution in [-0.2, 0) is 9.59 Å². The molecule has 114 valence electrons. The molecule has 0 radical (unpaired) electrons. The number of ether oxygens (including phenoxy) is 3. The van der Waals surface area contributed by atoms with Gasteiger partial charge in [-0.2, -0.15) is 0 Å². The molecule has 1 heterocycles. The summed E-state index contributed by atoms with van der Waals surface area (Å²) in [5.41, 5.74) is 0.600. The first kappa shape index (κ1) is 15.0. The van der Waals surface area contributed by atoms with E-state index in [0.717, 1.165) is 0 Å². The maximum absolute atomic E-state index is 11.5. The van der Waals surface area contributed by atoms with Crippen LogP contribution in [0.5, 0.6) is 17.2 Å². The first-order valence-electron chi connectivity index (χ1n) is 6.33. The maximum Gasteiger partial charge on any atom is 0.309 e. The molecule has 2 rings (SSSR count). The highest BCUT2D eigenvalue weighted by Gasteiger charge is 2.39. The second-order valence-corrected chi connectivity index (χ2v) is 4.65. The Labute approximate surface area is 121 Å². The van der Waals surface area contributed by atoms with Gasteiger partial charge in [0.05, 0.1) is 33.3 Å². The summed E-state index contributed by atoms with van der Waals surface area (Å²) in [5.74, 6) is -0.886. The summed E-state index contributed by atoms with van der Waals surface area (Å²) >= 11 is 0. The molecule has 0 aliphatic carbocycles. The number of carboxylic acid groups (broad SMARTS) is 1. The normalized spacial score (nSPS) is 20.8. The fourth-order valence-electron chi connectivity index (χ4n) is 2.48. The SMILES string of the molecule is COc1cc([C@H]2NC(=O)C[C@@H]2C(=O)O)cc(OC)c1OC. The summed E-state index contributed by atoms with van der Waals surface area (Å²) in [6.45, 7) is 0. The maximum atomic E-state index is 11.5. The van der Waals surface area contributed by atoms with Crippen molar-refractivity contribution >= 4 is 11.9 Å². The Morgan fingerprint density at radius 2 is 1.76 bits per heavy atom. The zero-order valence-corrected chi connectivity index (χ0v) is 12.0. The molecular formula is C14H17NO6. The highest BCUT2D eigenvalue weighted by molar-refractivity contribution is 5.87. The lowest BCUT2D eigenvalue weighted by molar-refractivity contribution is -0.142. The first-order valence-corrected chi connectivity index (χ1v) is 6.33. The van der Waals surface area contributed by atoms with E-state index < -0.39 is 17.9 Å². The topological polar surface area (TPSA) is 94.1 Å². The van der Waals surface area contributed by atoms with Gasteiger partial charge in [-0.05, 0) is 17.7 Å². The Balaban J connectivity index is 2.48. The average molecular weight is 295 g/mol. The van der Waals surface area contributed by atoms with Crippen molar-refractivity contribution in [1.82, 2.24) is 5.32 Å². The number of rotatable bonds is 5. The monoisotopic (exact) mass is 295 g/mol. The minimum absolute atomic E-state index is 0.0450. The van der Waals surface area contributed by atoms with E-state index in [1.54, 1.807) is 12.1 Å². The zero-order valence-electron chi connectivity index (χ0n) is 12.0. The van der Waals surface area contributed by atoms with E-state index in [1.165, 1.54) is 21.3 Å². The minimum atomic E-state index is -1.02. The molecular weight excluding hydrogens is 278 g/mol. The van der Waals surface area contributed by atoms with Crippen molar-refractivity contribution in [2.24, 2.45) is 5.92 Å². The minimum Gasteiger partial charge on any atom is -0.493 e.